The smallest absolute Gasteiger partial charge is 0.237 e. The summed E-state index contributed by atoms with van der Waals surface area (Å²) in [5.41, 5.74) is 4.43. The number of aryl methyl sites for hydroxylation is 1. The van der Waals surface area contributed by atoms with Gasteiger partial charge in [0.2, 0.25) is 5.91 Å². The predicted octanol–water partition coefficient (Wildman–Crippen LogP) is 6.70. The first kappa shape index (κ1) is 26.3. The van der Waals surface area contributed by atoms with E-state index in [9.17, 15) is 14.4 Å². The van der Waals surface area contributed by atoms with Crippen LogP contribution in [0.5, 0.6) is 0 Å². The summed E-state index contributed by atoms with van der Waals surface area (Å²) < 4.78 is 0. The molecule has 0 saturated heterocycles. The fourth-order valence-corrected chi connectivity index (χ4v) is 5.48. The molecule has 1 unspecified atom stereocenters. The fourth-order valence-electron chi connectivity index (χ4n) is 4.32. The largest absolute Gasteiger partial charge is 0.332 e. The van der Waals surface area contributed by atoms with E-state index in [4.69, 9.17) is 12.2 Å². The third-order valence-corrected chi connectivity index (χ3v) is 7.59. The van der Waals surface area contributed by atoms with Gasteiger partial charge in [-0.3, -0.25) is 14.4 Å². The Morgan fingerprint density at radius 2 is 1.38 bits per heavy atom. The van der Waals surface area contributed by atoms with Crippen molar-refractivity contribution in [2.45, 2.75) is 24.0 Å². The summed E-state index contributed by atoms with van der Waals surface area (Å²) in [5, 5.41) is 9.19. The van der Waals surface area contributed by atoms with E-state index in [-0.39, 0.29) is 23.0 Å². The van der Waals surface area contributed by atoms with Gasteiger partial charge in [-0.1, -0.05) is 60.2 Å². The van der Waals surface area contributed by atoms with E-state index in [1.54, 1.807) is 49.4 Å². The zero-order valence-corrected chi connectivity index (χ0v) is 22.9. The van der Waals surface area contributed by atoms with Crippen molar-refractivity contribution in [2.75, 3.05) is 16.0 Å². The van der Waals surface area contributed by atoms with Gasteiger partial charge in [0.1, 0.15) is 0 Å². The molecule has 5 rings (SSSR count). The molecule has 39 heavy (non-hydrogen) atoms. The van der Waals surface area contributed by atoms with E-state index in [2.05, 4.69) is 16.0 Å². The van der Waals surface area contributed by atoms with Gasteiger partial charge in [-0.2, -0.15) is 0 Å². The van der Waals surface area contributed by atoms with Gasteiger partial charge in [0, 0.05) is 33.0 Å². The van der Waals surface area contributed by atoms with Gasteiger partial charge in [-0.15, -0.1) is 11.8 Å². The highest BCUT2D eigenvalue weighted by Crippen LogP contribution is 2.33. The van der Waals surface area contributed by atoms with Crippen LogP contribution in [0.2, 0.25) is 0 Å². The van der Waals surface area contributed by atoms with Crippen LogP contribution in [0.25, 0.3) is 0 Å². The second-order valence-electron chi connectivity index (χ2n) is 9.15. The normalized spacial score (nSPS) is 12.7. The summed E-state index contributed by atoms with van der Waals surface area (Å²) in [6.07, 6.45) is 0. The summed E-state index contributed by atoms with van der Waals surface area (Å²) >= 11 is 6.82. The molecule has 0 aliphatic heterocycles. The van der Waals surface area contributed by atoms with E-state index < -0.39 is 5.25 Å². The first-order valence-corrected chi connectivity index (χ1v) is 13.6. The first-order chi connectivity index (χ1) is 18.8. The Morgan fingerprint density at radius 3 is 2.13 bits per heavy atom. The van der Waals surface area contributed by atoms with Crippen molar-refractivity contribution in [1.82, 2.24) is 0 Å². The van der Waals surface area contributed by atoms with E-state index in [1.165, 1.54) is 17.3 Å². The van der Waals surface area contributed by atoms with Gasteiger partial charge < -0.3 is 16.0 Å². The Hall–Kier alpha value is -4.27. The van der Waals surface area contributed by atoms with Crippen LogP contribution in [0.15, 0.2) is 95.9 Å². The molecule has 1 aliphatic rings. The highest BCUT2D eigenvalue weighted by Gasteiger charge is 2.32. The average Bonchev–Trinajstić information content (AvgIpc) is 2.93. The first-order valence-electron chi connectivity index (χ1n) is 12.3. The quantitative estimate of drug-likeness (QED) is 0.160. The van der Waals surface area contributed by atoms with Crippen molar-refractivity contribution in [3.63, 3.8) is 0 Å². The third-order valence-electron chi connectivity index (χ3n) is 6.29. The van der Waals surface area contributed by atoms with Gasteiger partial charge in [0.05, 0.1) is 16.5 Å². The Labute approximate surface area is 236 Å². The fraction of sp³-hybridized carbons (Fsp3) is 0.0968. The monoisotopic (exact) mass is 551 g/mol. The van der Waals surface area contributed by atoms with Crippen LogP contribution in [-0.2, 0) is 4.79 Å². The second kappa shape index (κ2) is 11.2. The maximum absolute atomic E-state index is 13.2. The molecule has 6 nitrogen and oxygen atoms in total. The van der Waals surface area contributed by atoms with E-state index in [0.717, 1.165) is 16.3 Å². The Bertz CT molecular complexity index is 1620. The van der Waals surface area contributed by atoms with Gasteiger partial charge in [0.15, 0.2) is 16.7 Å². The van der Waals surface area contributed by atoms with Gasteiger partial charge in [-0.25, -0.2) is 0 Å². The van der Waals surface area contributed by atoms with E-state index >= 15 is 0 Å². The van der Waals surface area contributed by atoms with Crippen LogP contribution < -0.4 is 16.0 Å². The molecule has 4 aromatic rings. The van der Waals surface area contributed by atoms with Crippen molar-refractivity contribution in [1.29, 1.82) is 0 Å². The zero-order chi connectivity index (χ0) is 27.5. The van der Waals surface area contributed by atoms with Crippen molar-refractivity contribution >= 4 is 63.6 Å². The molecule has 8 heteroatoms. The summed E-state index contributed by atoms with van der Waals surface area (Å²) in [6, 6.07) is 27.2. The standard InChI is InChI=1S/C31H25N3O3S2/c1-18-13-15-20(16-14-18)32-31(38)33-21-7-5-8-22(17-21)39-19(2)30(37)34-26-12-6-11-25-27(26)29(36)24-10-4-3-9-23(24)28(25)35/h3-17,19H,1-2H3,(H,34,37)(H2,32,33,38). The molecule has 1 atom stereocenters. The van der Waals surface area contributed by atoms with Gasteiger partial charge >= 0.3 is 0 Å². The number of carbonyl (C=O) groups is 3. The lowest BCUT2D eigenvalue weighted by Crippen LogP contribution is -2.27. The molecular formula is C31H25N3O3S2. The lowest BCUT2D eigenvalue weighted by Gasteiger charge is -2.21. The molecule has 3 N–H and O–H groups in total. The molecule has 0 spiro atoms. The number of hydrogen-bond acceptors (Lipinski definition) is 5. The summed E-state index contributed by atoms with van der Waals surface area (Å²) in [5.74, 6) is -0.773. The molecule has 0 bridgehead atoms. The number of benzene rings is 4. The Morgan fingerprint density at radius 1 is 0.744 bits per heavy atom. The maximum atomic E-state index is 13.2. The van der Waals surface area contributed by atoms with E-state index in [0.29, 0.717) is 27.5 Å². The molecule has 0 fully saturated rings. The van der Waals surface area contributed by atoms with Gasteiger partial charge in [0.25, 0.3) is 0 Å². The summed E-state index contributed by atoms with van der Waals surface area (Å²) in [7, 11) is 0. The van der Waals surface area contributed by atoms with Crippen LogP contribution in [-0.4, -0.2) is 27.8 Å². The zero-order valence-electron chi connectivity index (χ0n) is 21.3. The number of fused-ring (bicyclic) bond motifs is 2. The molecule has 1 aliphatic carbocycles. The topological polar surface area (TPSA) is 87.3 Å². The molecule has 0 heterocycles. The molecule has 0 radical (unpaired) electrons. The predicted molar refractivity (Wildman–Crippen MR) is 161 cm³/mol. The van der Waals surface area contributed by atoms with Crippen LogP contribution in [0.1, 0.15) is 44.3 Å². The van der Waals surface area contributed by atoms with Crippen molar-refractivity contribution in [3.8, 4) is 0 Å². The van der Waals surface area contributed by atoms with Crippen molar-refractivity contribution in [2.24, 2.45) is 0 Å². The molecular weight excluding hydrogens is 526 g/mol. The van der Waals surface area contributed by atoms with Crippen LogP contribution in [0.3, 0.4) is 0 Å². The Kier molecular flexibility index (Phi) is 7.58. The minimum absolute atomic E-state index is 0.224. The number of thiocarbonyl (C=S) groups is 1. The SMILES string of the molecule is Cc1ccc(NC(=S)Nc2cccc(SC(C)C(=O)Nc3cccc4c3C(=O)c3ccccc3C4=O)c2)cc1. The highest BCUT2D eigenvalue weighted by molar-refractivity contribution is 8.00. The minimum atomic E-state index is -0.476. The summed E-state index contributed by atoms with van der Waals surface area (Å²) in [6.45, 7) is 3.82. The van der Waals surface area contributed by atoms with E-state index in [1.807, 2.05) is 55.5 Å². The van der Waals surface area contributed by atoms with Crippen molar-refractivity contribution < 1.29 is 14.4 Å². The Balaban J connectivity index is 1.26. The lowest BCUT2D eigenvalue weighted by molar-refractivity contribution is -0.115. The number of thioether (sulfide) groups is 1. The number of rotatable bonds is 6. The number of anilines is 3. The third kappa shape index (κ3) is 5.77. The number of carbonyl (C=O) groups excluding carboxylic acids is 3. The number of ketones is 2. The molecule has 0 aromatic heterocycles. The average molecular weight is 552 g/mol. The molecule has 0 saturated carbocycles. The highest BCUT2D eigenvalue weighted by atomic mass is 32.2. The van der Waals surface area contributed by atoms with Gasteiger partial charge in [-0.05, 0) is 62.5 Å². The molecule has 194 valence electrons. The minimum Gasteiger partial charge on any atom is -0.332 e. The maximum Gasteiger partial charge on any atom is 0.237 e. The molecule has 1 amide bonds. The van der Waals surface area contributed by atoms with Crippen molar-refractivity contribution in [3.05, 3.63) is 119 Å². The number of amides is 1. The number of hydrogen-bond donors (Lipinski definition) is 3. The number of nitrogens with one attached hydrogen (secondary N) is 3. The second-order valence-corrected chi connectivity index (χ2v) is 11.0. The van der Waals surface area contributed by atoms with Crippen LogP contribution >= 0.6 is 24.0 Å². The van der Waals surface area contributed by atoms with Crippen LogP contribution in [0, 0.1) is 6.92 Å². The van der Waals surface area contributed by atoms with Crippen LogP contribution in [0.4, 0.5) is 17.1 Å². The lowest BCUT2D eigenvalue weighted by atomic mass is 9.83. The summed E-state index contributed by atoms with van der Waals surface area (Å²) in [4.78, 5) is 40.3. The molecule has 4 aromatic carbocycles.